The molecule has 2 heterocycles. The Morgan fingerprint density at radius 2 is 2.07 bits per heavy atom. The number of rotatable bonds is 5. The second kappa shape index (κ2) is 7.78. The summed E-state index contributed by atoms with van der Waals surface area (Å²) < 4.78 is 8.03. The van der Waals surface area contributed by atoms with Crippen LogP contribution in [0.25, 0.3) is 10.8 Å². The van der Waals surface area contributed by atoms with Gasteiger partial charge in [-0.3, -0.25) is 14.5 Å². The van der Waals surface area contributed by atoms with Crippen molar-refractivity contribution in [2.75, 3.05) is 0 Å². The van der Waals surface area contributed by atoms with Crippen molar-refractivity contribution in [1.82, 2.24) is 20.1 Å². The number of hydrogen-bond acceptors (Lipinski definition) is 4. The van der Waals surface area contributed by atoms with Crippen LogP contribution in [0.4, 0.5) is 0 Å². The Morgan fingerprint density at radius 1 is 1.22 bits per heavy atom. The zero-order valence-corrected chi connectivity index (χ0v) is 15.5. The average Bonchev–Trinajstić information content (AvgIpc) is 3.19. The number of ether oxygens (including phenoxy) is 1. The van der Waals surface area contributed by atoms with E-state index < -0.39 is 0 Å². The lowest BCUT2D eigenvalue weighted by atomic mass is 9.92. The molecule has 1 saturated carbocycles. The quantitative estimate of drug-likeness (QED) is 0.751. The van der Waals surface area contributed by atoms with Gasteiger partial charge in [-0.25, -0.2) is 0 Å². The van der Waals surface area contributed by atoms with Crippen molar-refractivity contribution in [1.29, 1.82) is 0 Å². The summed E-state index contributed by atoms with van der Waals surface area (Å²) in [5, 5.41) is 9.47. The maximum Gasteiger partial charge on any atom is 0.254 e. The van der Waals surface area contributed by atoms with Gasteiger partial charge in [0.15, 0.2) is 0 Å². The van der Waals surface area contributed by atoms with Gasteiger partial charge in [-0.2, -0.15) is 5.10 Å². The highest BCUT2D eigenvalue weighted by atomic mass is 16.5. The molecule has 0 radical (unpaired) electrons. The molecule has 0 saturated heterocycles. The summed E-state index contributed by atoms with van der Waals surface area (Å²) in [5.41, 5.74) is 0.625. The van der Waals surface area contributed by atoms with Crippen LogP contribution in [0.15, 0.2) is 49.1 Å². The normalized spacial score (nSPS) is 19.7. The number of hydrogen-bond donors (Lipinski definition) is 1. The van der Waals surface area contributed by atoms with E-state index in [1.54, 1.807) is 23.3 Å². The zero-order valence-electron chi connectivity index (χ0n) is 15.5. The summed E-state index contributed by atoms with van der Waals surface area (Å²) in [6, 6.07) is 8.25. The van der Waals surface area contributed by atoms with Crippen LogP contribution in [-0.4, -0.2) is 32.8 Å². The van der Waals surface area contributed by atoms with E-state index in [-0.39, 0.29) is 18.1 Å². The first-order chi connectivity index (χ1) is 13.2. The van der Waals surface area contributed by atoms with E-state index in [0.29, 0.717) is 5.56 Å². The van der Waals surface area contributed by atoms with Gasteiger partial charge in [0.1, 0.15) is 5.75 Å². The molecule has 0 spiro atoms. The van der Waals surface area contributed by atoms with Crippen molar-refractivity contribution in [3.05, 3.63) is 54.6 Å². The Hall–Kier alpha value is -2.89. The summed E-state index contributed by atoms with van der Waals surface area (Å²) in [4.78, 5) is 16.5. The molecule has 1 N–H and O–H groups in total. The molecule has 4 rings (SSSR count). The molecule has 0 unspecified atom stereocenters. The molecule has 6 heteroatoms. The lowest BCUT2D eigenvalue weighted by molar-refractivity contribution is 0.0895. The van der Waals surface area contributed by atoms with Crippen LogP contribution in [0.2, 0.25) is 0 Å². The van der Waals surface area contributed by atoms with Gasteiger partial charge >= 0.3 is 0 Å². The minimum Gasteiger partial charge on any atom is -0.490 e. The Balaban J connectivity index is 1.33. The van der Waals surface area contributed by atoms with Gasteiger partial charge in [0.2, 0.25) is 0 Å². The standard InChI is InChI=1S/C21H24N4O2/c1-2-25-14-16(13-23-25)21(26)24-17-6-8-18(9-7-17)27-20-5-3-4-15-12-22-11-10-19(15)20/h3-5,10-14,17-18H,2,6-9H2,1H3,(H,24,26). The van der Waals surface area contributed by atoms with E-state index in [4.69, 9.17) is 4.74 Å². The molecule has 1 aliphatic carbocycles. The Bertz CT molecular complexity index is 923. The summed E-state index contributed by atoms with van der Waals surface area (Å²) in [5.74, 6) is 0.870. The van der Waals surface area contributed by atoms with Crippen LogP contribution < -0.4 is 10.1 Å². The van der Waals surface area contributed by atoms with Crippen LogP contribution in [0.3, 0.4) is 0 Å². The monoisotopic (exact) mass is 364 g/mol. The smallest absolute Gasteiger partial charge is 0.254 e. The van der Waals surface area contributed by atoms with Crippen molar-refractivity contribution in [3.63, 3.8) is 0 Å². The number of nitrogens with one attached hydrogen (secondary N) is 1. The largest absolute Gasteiger partial charge is 0.490 e. The molecule has 0 aliphatic heterocycles. The SMILES string of the molecule is CCn1cc(C(=O)NC2CCC(Oc3cccc4cnccc34)CC2)cn1. The van der Waals surface area contributed by atoms with E-state index in [9.17, 15) is 4.79 Å². The minimum atomic E-state index is -0.0411. The fourth-order valence-corrected chi connectivity index (χ4v) is 3.62. The van der Waals surface area contributed by atoms with Crippen molar-refractivity contribution in [3.8, 4) is 5.75 Å². The molecule has 2 aromatic heterocycles. The molecular weight excluding hydrogens is 340 g/mol. The fraction of sp³-hybridized carbons (Fsp3) is 0.381. The van der Waals surface area contributed by atoms with Crippen molar-refractivity contribution >= 4 is 16.7 Å². The Labute approximate surface area is 158 Å². The van der Waals surface area contributed by atoms with Crippen LogP contribution in [0.1, 0.15) is 43.0 Å². The maximum absolute atomic E-state index is 12.4. The highest BCUT2D eigenvalue weighted by Gasteiger charge is 2.24. The third kappa shape index (κ3) is 3.94. The zero-order chi connectivity index (χ0) is 18.6. The van der Waals surface area contributed by atoms with Gasteiger partial charge < -0.3 is 10.1 Å². The number of fused-ring (bicyclic) bond motifs is 1. The average molecular weight is 364 g/mol. The molecule has 1 fully saturated rings. The predicted octanol–water partition coefficient (Wildman–Crippen LogP) is 3.57. The minimum absolute atomic E-state index is 0.0411. The first kappa shape index (κ1) is 17.5. The highest BCUT2D eigenvalue weighted by Crippen LogP contribution is 2.29. The van der Waals surface area contributed by atoms with E-state index in [2.05, 4.69) is 15.4 Å². The summed E-state index contributed by atoms with van der Waals surface area (Å²) in [6.07, 6.45) is 11.0. The topological polar surface area (TPSA) is 69.0 Å². The number of pyridine rings is 1. The molecule has 1 amide bonds. The number of amides is 1. The highest BCUT2D eigenvalue weighted by molar-refractivity contribution is 5.93. The molecule has 3 aromatic rings. The number of nitrogens with zero attached hydrogens (tertiary/aromatic N) is 3. The first-order valence-electron chi connectivity index (χ1n) is 9.55. The first-order valence-corrected chi connectivity index (χ1v) is 9.55. The van der Waals surface area contributed by atoms with E-state index in [1.165, 1.54) is 0 Å². The molecule has 140 valence electrons. The maximum atomic E-state index is 12.4. The molecule has 1 aliphatic rings. The van der Waals surface area contributed by atoms with Crippen molar-refractivity contribution in [2.24, 2.45) is 0 Å². The second-order valence-electron chi connectivity index (χ2n) is 7.00. The summed E-state index contributed by atoms with van der Waals surface area (Å²) >= 11 is 0. The van der Waals surface area contributed by atoms with Gasteiger partial charge in [-0.1, -0.05) is 12.1 Å². The van der Waals surface area contributed by atoms with E-state index in [0.717, 1.165) is 48.8 Å². The lowest BCUT2D eigenvalue weighted by Gasteiger charge is -2.29. The molecule has 0 atom stereocenters. The Kier molecular flexibility index (Phi) is 5.05. The van der Waals surface area contributed by atoms with Crippen molar-refractivity contribution in [2.45, 2.75) is 51.3 Å². The van der Waals surface area contributed by atoms with Gasteiger partial charge in [0.05, 0.1) is 17.9 Å². The molecular formula is C21H24N4O2. The number of carbonyl (C=O) groups is 1. The van der Waals surface area contributed by atoms with Crippen LogP contribution in [0, 0.1) is 0 Å². The Morgan fingerprint density at radius 3 is 2.85 bits per heavy atom. The molecule has 0 bridgehead atoms. The lowest BCUT2D eigenvalue weighted by Crippen LogP contribution is -2.39. The number of carbonyl (C=O) groups excluding carboxylic acids is 1. The van der Waals surface area contributed by atoms with Gasteiger partial charge in [0.25, 0.3) is 5.91 Å². The van der Waals surface area contributed by atoms with Gasteiger partial charge in [0, 0.05) is 41.9 Å². The third-order valence-corrected chi connectivity index (χ3v) is 5.16. The number of benzene rings is 1. The third-order valence-electron chi connectivity index (χ3n) is 5.16. The molecule has 27 heavy (non-hydrogen) atoms. The van der Waals surface area contributed by atoms with Gasteiger partial charge in [-0.15, -0.1) is 0 Å². The van der Waals surface area contributed by atoms with Crippen molar-refractivity contribution < 1.29 is 9.53 Å². The summed E-state index contributed by atoms with van der Waals surface area (Å²) in [6.45, 7) is 2.77. The predicted molar refractivity (Wildman–Crippen MR) is 104 cm³/mol. The van der Waals surface area contributed by atoms with Crippen LogP contribution in [-0.2, 0) is 6.54 Å². The molecule has 1 aromatic carbocycles. The van der Waals surface area contributed by atoms with Gasteiger partial charge in [-0.05, 0) is 44.7 Å². The molecule has 6 nitrogen and oxygen atoms in total. The number of aromatic nitrogens is 3. The number of aryl methyl sites for hydroxylation is 1. The van der Waals surface area contributed by atoms with E-state index >= 15 is 0 Å². The summed E-state index contributed by atoms with van der Waals surface area (Å²) in [7, 11) is 0. The fourth-order valence-electron chi connectivity index (χ4n) is 3.62. The van der Waals surface area contributed by atoms with Crippen LogP contribution in [0.5, 0.6) is 5.75 Å². The second-order valence-corrected chi connectivity index (χ2v) is 7.00. The van der Waals surface area contributed by atoms with Crippen LogP contribution >= 0.6 is 0 Å². The van der Waals surface area contributed by atoms with E-state index in [1.807, 2.05) is 37.4 Å².